The summed E-state index contributed by atoms with van der Waals surface area (Å²) < 4.78 is 2.16. The zero-order valence-corrected chi connectivity index (χ0v) is 12.2. The zero-order chi connectivity index (χ0) is 13.7. The predicted octanol–water partition coefficient (Wildman–Crippen LogP) is 4.04. The summed E-state index contributed by atoms with van der Waals surface area (Å²) in [7, 11) is 0. The molecule has 1 aromatic rings. The van der Waals surface area contributed by atoms with Crippen LogP contribution in [0.2, 0.25) is 0 Å². The Bertz CT molecular complexity index is 416. The maximum Gasteiger partial charge on any atom is 0.127 e. The highest BCUT2D eigenvalue weighted by Crippen LogP contribution is 2.40. The fraction of sp³-hybridized carbons (Fsp3) is 0.688. The Hall–Kier alpha value is -1.25. The van der Waals surface area contributed by atoms with Gasteiger partial charge in [0.25, 0.3) is 0 Å². The van der Waals surface area contributed by atoms with E-state index in [9.17, 15) is 0 Å². The third-order valence-corrected chi connectivity index (χ3v) is 3.88. The number of nitrogens with two attached hydrogens (primary N) is 1. The Kier molecular flexibility index (Phi) is 5.06. The number of imidazole rings is 1. The van der Waals surface area contributed by atoms with Gasteiger partial charge in [-0.2, -0.15) is 0 Å². The molecule has 1 aliphatic rings. The molecule has 1 heterocycles. The molecule has 0 aliphatic heterocycles. The number of nitrogens with zero attached hydrogens (tertiary/aromatic N) is 2. The first kappa shape index (κ1) is 14.2. The summed E-state index contributed by atoms with van der Waals surface area (Å²) in [4.78, 5) is 4.80. The van der Waals surface area contributed by atoms with E-state index in [1.807, 2.05) is 6.08 Å². The van der Waals surface area contributed by atoms with E-state index >= 15 is 0 Å². The molecule has 2 rings (SSSR count). The summed E-state index contributed by atoms with van der Waals surface area (Å²) in [6.07, 6.45) is 11.9. The second-order valence-corrected chi connectivity index (χ2v) is 5.64. The van der Waals surface area contributed by atoms with Gasteiger partial charge in [-0.15, -0.1) is 6.58 Å². The van der Waals surface area contributed by atoms with Crippen molar-refractivity contribution in [3.63, 3.8) is 0 Å². The first-order chi connectivity index (χ1) is 9.27. The van der Waals surface area contributed by atoms with E-state index in [2.05, 4.69) is 18.1 Å². The number of allylic oxidation sites excluding steroid dienone is 1. The van der Waals surface area contributed by atoms with Crippen molar-refractivity contribution in [2.75, 3.05) is 5.73 Å². The summed E-state index contributed by atoms with van der Waals surface area (Å²) in [5.41, 5.74) is 7.36. The topological polar surface area (TPSA) is 43.8 Å². The quantitative estimate of drug-likeness (QED) is 0.538. The molecule has 0 unspecified atom stereocenters. The molecule has 2 N–H and O–H groups in total. The second-order valence-electron chi connectivity index (χ2n) is 5.64. The summed E-state index contributed by atoms with van der Waals surface area (Å²) in [5.74, 6) is 2.72. The number of unbranched alkanes of at least 4 members (excludes halogenated alkanes) is 4. The van der Waals surface area contributed by atoms with Gasteiger partial charge in [0.2, 0.25) is 0 Å². The molecular formula is C16H27N3. The molecule has 0 spiro atoms. The molecule has 1 saturated carbocycles. The number of nitrogen functional groups attached to an aromatic ring is 1. The molecule has 19 heavy (non-hydrogen) atoms. The molecule has 1 aliphatic carbocycles. The maximum atomic E-state index is 6.25. The van der Waals surface area contributed by atoms with Crippen LogP contribution in [0.4, 0.5) is 5.82 Å². The fourth-order valence-corrected chi connectivity index (χ4v) is 2.59. The van der Waals surface area contributed by atoms with Crippen LogP contribution < -0.4 is 5.73 Å². The summed E-state index contributed by atoms with van der Waals surface area (Å²) in [6, 6.07) is 0. The highest BCUT2D eigenvalue weighted by atomic mass is 15.1. The SMILES string of the molecule is C=CCn1c(C2CC2)nc(CCCCCCC)c1N. The molecule has 0 radical (unpaired) electrons. The first-order valence-corrected chi connectivity index (χ1v) is 7.73. The average Bonchev–Trinajstić information content (AvgIpc) is 3.19. The van der Waals surface area contributed by atoms with E-state index in [1.165, 1.54) is 50.8 Å². The van der Waals surface area contributed by atoms with Gasteiger partial charge in [0.1, 0.15) is 11.6 Å². The molecule has 0 bridgehead atoms. The smallest absolute Gasteiger partial charge is 0.127 e. The van der Waals surface area contributed by atoms with Gasteiger partial charge in [-0.25, -0.2) is 4.98 Å². The lowest BCUT2D eigenvalue weighted by Crippen LogP contribution is -2.05. The van der Waals surface area contributed by atoms with Crippen LogP contribution in [0.3, 0.4) is 0 Å². The van der Waals surface area contributed by atoms with E-state index in [4.69, 9.17) is 10.7 Å². The lowest BCUT2D eigenvalue weighted by Gasteiger charge is -2.05. The van der Waals surface area contributed by atoms with Gasteiger partial charge in [0.15, 0.2) is 0 Å². The highest BCUT2D eigenvalue weighted by molar-refractivity contribution is 5.40. The lowest BCUT2D eigenvalue weighted by molar-refractivity contribution is 0.629. The third kappa shape index (κ3) is 3.62. The largest absolute Gasteiger partial charge is 0.384 e. The minimum atomic E-state index is 0.649. The van der Waals surface area contributed by atoms with Crippen LogP contribution in [0, 0.1) is 0 Å². The molecule has 0 aromatic carbocycles. The Morgan fingerprint density at radius 1 is 1.32 bits per heavy atom. The Balaban J connectivity index is 1.96. The summed E-state index contributed by atoms with van der Waals surface area (Å²) in [6.45, 7) is 6.86. The van der Waals surface area contributed by atoms with Crippen molar-refractivity contribution in [2.24, 2.45) is 0 Å². The molecule has 3 heteroatoms. The molecule has 0 saturated heterocycles. The number of rotatable bonds is 9. The number of aryl methyl sites for hydroxylation is 1. The number of anilines is 1. The van der Waals surface area contributed by atoms with Crippen LogP contribution in [0.15, 0.2) is 12.7 Å². The minimum absolute atomic E-state index is 0.649. The minimum Gasteiger partial charge on any atom is -0.384 e. The van der Waals surface area contributed by atoms with Crippen molar-refractivity contribution in [2.45, 2.75) is 70.8 Å². The van der Waals surface area contributed by atoms with Crippen LogP contribution >= 0.6 is 0 Å². The summed E-state index contributed by atoms with van der Waals surface area (Å²) in [5, 5.41) is 0. The molecule has 1 aromatic heterocycles. The van der Waals surface area contributed by atoms with Gasteiger partial charge < -0.3 is 10.3 Å². The average molecular weight is 261 g/mol. The highest BCUT2D eigenvalue weighted by Gasteiger charge is 2.30. The molecule has 1 fully saturated rings. The van der Waals surface area contributed by atoms with E-state index in [0.29, 0.717) is 5.92 Å². The third-order valence-electron chi connectivity index (χ3n) is 3.88. The number of aromatic nitrogens is 2. The number of hydrogen-bond acceptors (Lipinski definition) is 2. The van der Waals surface area contributed by atoms with Gasteiger partial charge >= 0.3 is 0 Å². The normalized spacial score (nSPS) is 14.8. The monoisotopic (exact) mass is 261 g/mol. The van der Waals surface area contributed by atoms with Crippen molar-refractivity contribution in [3.8, 4) is 0 Å². The van der Waals surface area contributed by atoms with Gasteiger partial charge in [-0.1, -0.05) is 38.7 Å². The standard InChI is InChI=1S/C16H27N3/c1-3-5-6-7-8-9-14-15(17)19(12-4-2)16(18-14)13-10-11-13/h4,13H,2-3,5-12,17H2,1H3. The van der Waals surface area contributed by atoms with Gasteiger partial charge in [0, 0.05) is 12.5 Å². The Morgan fingerprint density at radius 3 is 2.68 bits per heavy atom. The van der Waals surface area contributed by atoms with Crippen molar-refractivity contribution in [1.29, 1.82) is 0 Å². The van der Waals surface area contributed by atoms with Crippen LogP contribution in [-0.2, 0) is 13.0 Å². The van der Waals surface area contributed by atoms with Crippen LogP contribution in [-0.4, -0.2) is 9.55 Å². The molecular weight excluding hydrogens is 234 g/mol. The molecule has 0 amide bonds. The van der Waals surface area contributed by atoms with Gasteiger partial charge in [0.05, 0.1) is 5.69 Å². The van der Waals surface area contributed by atoms with Gasteiger partial charge in [-0.3, -0.25) is 0 Å². The van der Waals surface area contributed by atoms with Crippen LogP contribution in [0.5, 0.6) is 0 Å². The van der Waals surface area contributed by atoms with Crippen LogP contribution in [0.25, 0.3) is 0 Å². The van der Waals surface area contributed by atoms with E-state index in [0.717, 1.165) is 24.5 Å². The number of hydrogen-bond donors (Lipinski definition) is 1. The maximum absolute atomic E-state index is 6.25. The van der Waals surface area contributed by atoms with Crippen molar-refractivity contribution in [3.05, 3.63) is 24.2 Å². The molecule has 0 atom stereocenters. The van der Waals surface area contributed by atoms with E-state index < -0.39 is 0 Å². The lowest BCUT2D eigenvalue weighted by atomic mass is 10.1. The van der Waals surface area contributed by atoms with E-state index in [-0.39, 0.29) is 0 Å². The second kappa shape index (κ2) is 6.78. The zero-order valence-electron chi connectivity index (χ0n) is 12.2. The van der Waals surface area contributed by atoms with Gasteiger partial charge in [-0.05, 0) is 25.7 Å². The Morgan fingerprint density at radius 2 is 2.05 bits per heavy atom. The molecule has 3 nitrogen and oxygen atoms in total. The first-order valence-electron chi connectivity index (χ1n) is 7.73. The predicted molar refractivity (Wildman–Crippen MR) is 81.3 cm³/mol. The van der Waals surface area contributed by atoms with Crippen molar-refractivity contribution < 1.29 is 0 Å². The Labute approximate surface area is 116 Å². The van der Waals surface area contributed by atoms with Crippen molar-refractivity contribution >= 4 is 5.82 Å². The summed E-state index contributed by atoms with van der Waals surface area (Å²) >= 11 is 0. The van der Waals surface area contributed by atoms with E-state index in [1.54, 1.807) is 0 Å². The van der Waals surface area contributed by atoms with Crippen molar-refractivity contribution in [1.82, 2.24) is 9.55 Å². The van der Waals surface area contributed by atoms with Crippen LogP contribution in [0.1, 0.15) is 69.3 Å². The molecule has 106 valence electrons. The fourth-order valence-electron chi connectivity index (χ4n) is 2.59.